The van der Waals surface area contributed by atoms with E-state index in [0.717, 1.165) is 29.2 Å². The standard InChI is InChI=1S/C18H21NO2S/c1-14-5-3-6-15(13-14)19-18(20)7-4-12-22-17-10-8-16(21-2)9-11-17/h3,5-6,8-11,13H,4,7,12H2,1-2H3,(H,19,20). The Kier molecular flexibility index (Phi) is 6.34. The molecule has 0 unspecified atom stereocenters. The highest BCUT2D eigenvalue weighted by Crippen LogP contribution is 2.22. The number of carbonyl (C=O) groups is 1. The van der Waals surface area contributed by atoms with Crippen LogP contribution in [0.5, 0.6) is 5.75 Å². The van der Waals surface area contributed by atoms with Crippen LogP contribution in [0.4, 0.5) is 5.69 Å². The molecular formula is C18H21NO2S. The second-order valence-electron chi connectivity index (χ2n) is 5.05. The number of methoxy groups -OCH3 is 1. The number of carbonyl (C=O) groups excluding carboxylic acids is 1. The Balaban J connectivity index is 1.68. The molecule has 0 aliphatic carbocycles. The lowest BCUT2D eigenvalue weighted by atomic mass is 10.2. The molecule has 2 aromatic rings. The number of aryl methyl sites for hydroxylation is 1. The van der Waals surface area contributed by atoms with Gasteiger partial charge in [-0.3, -0.25) is 4.79 Å². The molecule has 4 heteroatoms. The van der Waals surface area contributed by atoms with Gasteiger partial charge in [-0.1, -0.05) is 12.1 Å². The lowest BCUT2D eigenvalue weighted by molar-refractivity contribution is -0.116. The minimum absolute atomic E-state index is 0.0703. The molecule has 22 heavy (non-hydrogen) atoms. The van der Waals surface area contributed by atoms with Crippen LogP contribution in [0.1, 0.15) is 18.4 Å². The first-order chi connectivity index (χ1) is 10.7. The molecule has 0 atom stereocenters. The maximum absolute atomic E-state index is 11.9. The van der Waals surface area contributed by atoms with Crippen LogP contribution in [0.15, 0.2) is 53.4 Å². The van der Waals surface area contributed by atoms with Crippen LogP contribution in [0.2, 0.25) is 0 Å². The van der Waals surface area contributed by atoms with E-state index >= 15 is 0 Å². The number of benzene rings is 2. The van der Waals surface area contributed by atoms with Crippen molar-refractivity contribution >= 4 is 23.4 Å². The molecule has 0 aromatic heterocycles. The first-order valence-corrected chi connectivity index (χ1v) is 8.29. The maximum Gasteiger partial charge on any atom is 0.224 e. The van der Waals surface area contributed by atoms with Gasteiger partial charge in [0.2, 0.25) is 5.91 Å². The SMILES string of the molecule is COc1ccc(SCCCC(=O)Nc2cccc(C)c2)cc1. The Morgan fingerprint density at radius 1 is 1.18 bits per heavy atom. The van der Waals surface area contributed by atoms with Gasteiger partial charge in [0.1, 0.15) is 5.75 Å². The predicted molar refractivity (Wildman–Crippen MR) is 92.8 cm³/mol. The van der Waals surface area contributed by atoms with E-state index in [1.165, 1.54) is 4.90 Å². The summed E-state index contributed by atoms with van der Waals surface area (Å²) in [5, 5.41) is 2.93. The normalized spacial score (nSPS) is 10.3. The van der Waals surface area contributed by atoms with Crippen LogP contribution in [0.25, 0.3) is 0 Å². The van der Waals surface area contributed by atoms with E-state index in [1.54, 1.807) is 18.9 Å². The Morgan fingerprint density at radius 3 is 2.64 bits per heavy atom. The quantitative estimate of drug-likeness (QED) is 0.603. The van der Waals surface area contributed by atoms with Crippen molar-refractivity contribution in [2.75, 3.05) is 18.2 Å². The third-order valence-electron chi connectivity index (χ3n) is 3.18. The molecule has 3 nitrogen and oxygen atoms in total. The van der Waals surface area contributed by atoms with Crippen molar-refractivity contribution in [1.82, 2.24) is 0 Å². The number of hydrogen-bond acceptors (Lipinski definition) is 3. The molecule has 2 rings (SSSR count). The summed E-state index contributed by atoms with van der Waals surface area (Å²) in [5.74, 6) is 1.86. The second-order valence-corrected chi connectivity index (χ2v) is 6.21. The molecular weight excluding hydrogens is 294 g/mol. The minimum atomic E-state index is 0.0703. The van der Waals surface area contributed by atoms with Gasteiger partial charge in [0.25, 0.3) is 0 Å². The van der Waals surface area contributed by atoms with E-state index in [4.69, 9.17) is 4.74 Å². The predicted octanol–water partition coefficient (Wildman–Crippen LogP) is 4.51. The molecule has 0 bridgehead atoms. The average molecular weight is 315 g/mol. The molecule has 0 saturated carbocycles. The fourth-order valence-corrected chi connectivity index (χ4v) is 2.89. The monoisotopic (exact) mass is 315 g/mol. The van der Waals surface area contributed by atoms with Gasteiger partial charge >= 0.3 is 0 Å². The number of rotatable bonds is 7. The number of hydrogen-bond donors (Lipinski definition) is 1. The van der Waals surface area contributed by atoms with Crippen molar-refractivity contribution in [2.45, 2.75) is 24.7 Å². The van der Waals surface area contributed by atoms with Crippen molar-refractivity contribution in [3.63, 3.8) is 0 Å². The zero-order valence-electron chi connectivity index (χ0n) is 13.0. The highest BCUT2D eigenvalue weighted by molar-refractivity contribution is 7.99. The zero-order valence-corrected chi connectivity index (χ0v) is 13.8. The average Bonchev–Trinajstić information content (AvgIpc) is 2.52. The third kappa shape index (κ3) is 5.45. The highest BCUT2D eigenvalue weighted by Gasteiger charge is 2.03. The Bertz CT molecular complexity index is 611. The number of anilines is 1. The smallest absolute Gasteiger partial charge is 0.224 e. The van der Waals surface area contributed by atoms with Gasteiger partial charge in [-0.15, -0.1) is 11.8 Å². The fraction of sp³-hybridized carbons (Fsp3) is 0.278. The fourth-order valence-electron chi connectivity index (χ4n) is 2.04. The largest absolute Gasteiger partial charge is 0.497 e. The maximum atomic E-state index is 11.9. The van der Waals surface area contributed by atoms with Crippen LogP contribution >= 0.6 is 11.8 Å². The van der Waals surface area contributed by atoms with Gasteiger partial charge in [0, 0.05) is 17.0 Å². The third-order valence-corrected chi connectivity index (χ3v) is 4.28. The van der Waals surface area contributed by atoms with Gasteiger partial charge in [-0.25, -0.2) is 0 Å². The summed E-state index contributed by atoms with van der Waals surface area (Å²) >= 11 is 1.75. The first-order valence-electron chi connectivity index (χ1n) is 7.31. The Morgan fingerprint density at radius 2 is 1.95 bits per heavy atom. The summed E-state index contributed by atoms with van der Waals surface area (Å²) in [6, 6.07) is 15.8. The van der Waals surface area contributed by atoms with E-state index in [9.17, 15) is 4.79 Å². The van der Waals surface area contributed by atoms with E-state index in [1.807, 2.05) is 55.5 Å². The van der Waals surface area contributed by atoms with Gasteiger partial charge in [0.05, 0.1) is 7.11 Å². The summed E-state index contributed by atoms with van der Waals surface area (Å²) in [6.45, 7) is 2.02. The minimum Gasteiger partial charge on any atom is -0.497 e. The van der Waals surface area contributed by atoms with Gasteiger partial charge in [-0.05, 0) is 61.1 Å². The second kappa shape index (κ2) is 8.49. The molecule has 0 aliphatic rings. The number of amides is 1. The van der Waals surface area contributed by atoms with E-state index in [-0.39, 0.29) is 5.91 Å². The van der Waals surface area contributed by atoms with E-state index in [0.29, 0.717) is 6.42 Å². The van der Waals surface area contributed by atoms with Crippen LogP contribution in [0, 0.1) is 6.92 Å². The van der Waals surface area contributed by atoms with Crippen LogP contribution in [-0.2, 0) is 4.79 Å². The lowest BCUT2D eigenvalue weighted by Gasteiger charge is -2.06. The van der Waals surface area contributed by atoms with Crippen LogP contribution < -0.4 is 10.1 Å². The zero-order chi connectivity index (χ0) is 15.8. The first kappa shape index (κ1) is 16.4. The van der Waals surface area contributed by atoms with E-state index < -0.39 is 0 Å². The van der Waals surface area contributed by atoms with Gasteiger partial charge < -0.3 is 10.1 Å². The molecule has 1 amide bonds. The summed E-state index contributed by atoms with van der Waals surface area (Å²) in [7, 11) is 1.66. The topological polar surface area (TPSA) is 38.3 Å². The number of ether oxygens (including phenoxy) is 1. The highest BCUT2D eigenvalue weighted by atomic mass is 32.2. The van der Waals surface area contributed by atoms with Crippen molar-refractivity contribution in [1.29, 1.82) is 0 Å². The summed E-state index contributed by atoms with van der Waals surface area (Å²) in [4.78, 5) is 13.1. The molecule has 1 N–H and O–H groups in total. The van der Waals surface area contributed by atoms with Crippen molar-refractivity contribution < 1.29 is 9.53 Å². The van der Waals surface area contributed by atoms with Crippen LogP contribution in [0.3, 0.4) is 0 Å². The molecule has 0 saturated heterocycles. The van der Waals surface area contributed by atoms with Crippen LogP contribution in [-0.4, -0.2) is 18.8 Å². The molecule has 0 heterocycles. The molecule has 0 fully saturated rings. The Hall–Kier alpha value is -1.94. The van der Waals surface area contributed by atoms with E-state index in [2.05, 4.69) is 5.32 Å². The molecule has 116 valence electrons. The summed E-state index contributed by atoms with van der Waals surface area (Å²) in [5.41, 5.74) is 2.01. The van der Waals surface area contributed by atoms with Gasteiger partial charge in [-0.2, -0.15) is 0 Å². The van der Waals surface area contributed by atoms with Crippen molar-refractivity contribution in [3.8, 4) is 5.75 Å². The molecule has 2 aromatic carbocycles. The number of thioether (sulfide) groups is 1. The molecule has 0 aliphatic heterocycles. The molecule has 0 radical (unpaired) electrons. The summed E-state index contributed by atoms with van der Waals surface area (Å²) in [6.07, 6.45) is 1.39. The van der Waals surface area contributed by atoms with Crippen molar-refractivity contribution in [3.05, 3.63) is 54.1 Å². The number of nitrogens with one attached hydrogen (secondary N) is 1. The lowest BCUT2D eigenvalue weighted by Crippen LogP contribution is -2.11. The summed E-state index contributed by atoms with van der Waals surface area (Å²) < 4.78 is 5.13. The van der Waals surface area contributed by atoms with Gasteiger partial charge in [0.15, 0.2) is 0 Å². The Labute approximate surface area is 136 Å². The molecule has 0 spiro atoms. The van der Waals surface area contributed by atoms with Crippen molar-refractivity contribution in [2.24, 2.45) is 0 Å².